The van der Waals surface area contributed by atoms with Gasteiger partial charge in [0.1, 0.15) is 34.4 Å². The minimum atomic E-state index is -1.60. The zero-order valence-electron chi connectivity index (χ0n) is 10.6. The van der Waals surface area contributed by atoms with Gasteiger partial charge in [0.05, 0.1) is 0 Å². The highest BCUT2D eigenvalue weighted by Gasteiger charge is 2.15. The van der Waals surface area contributed by atoms with E-state index in [4.69, 9.17) is 16.7 Å². The average Bonchev–Trinajstić information content (AvgIpc) is 2.38. The lowest BCUT2D eigenvalue weighted by Crippen LogP contribution is -2.03. The van der Waals surface area contributed by atoms with E-state index in [1.165, 1.54) is 0 Å². The van der Waals surface area contributed by atoms with Gasteiger partial charge < -0.3 is 5.11 Å². The van der Waals surface area contributed by atoms with E-state index in [2.05, 4.69) is 0 Å². The molecule has 2 aromatic rings. The van der Waals surface area contributed by atoms with Crippen molar-refractivity contribution in [3.8, 4) is 0 Å². The summed E-state index contributed by atoms with van der Waals surface area (Å²) in [5.74, 6) is -5.59. The number of hydrogen-bond acceptors (Lipinski definition) is 2. The predicted octanol–water partition coefficient (Wildman–Crippen LogP) is 4.01. The van der Waals surface area contributed by atoms with Gasteiger partial charge >= 0.3 is 5.97 Å². The van der Waals surface area contributed by atoms with E-state index >= 15 is 0 Å². The van der Waals surface area contributed by atoms with Gasteiger partial charge in [0.25, 0.3) is 5.24 Å². The first-order chi connectivity index (χ1) is 10.3. The second kappa shape index (κ2) is 7.56. The Kier molecular flexibility index (Phi) is 6.06. The van der Waals surface area contributed by atoms with E-state index in [1.54, 1.807) is 0 Å². The molecule has 0 amide bonds. The van der Waals surface area contributed by atoms with Gasteiger partial charge in [-0.1, -0.05) is 12.1 Å². The molecular weight excluding hydrogens is 328 g/mol. The number of carbonyl (C=O) groups is 2. The first kappa shape index (κ1) is 17.6. The highest BCUT2D eigenvalue weighted by molar-refractivity contribution is 6.67. The molecule has 0 aliphatic rings. The molecule has 0 fully saturated rings. The van der Waals surface area contributed by atoms with E-state index in [-0.39, 0.29) is 0 Å². The molecule has 3 nitrogen and oxygen atoms in total. The molecule has 116 valence electrons. The maximum absolute atomic E-state index is 12.6. The number of carboxylic acids is 1. The van der Waals surface area contributed by atoms with Crippen LogP contribution in [0.15, 0.2) is 36.4 Å². The van der Waals surface area contributed by atoms with E-state index in [0.717, 1.165) is 36.4 Å². The Labute approximate surface area is 126 Å². The molecule has 2 aromatic carbocycles. The zero-order chi connectivity index (χ0) is 16.9. The zero-order valence-corrected chi connectivity index (χ0v) is 11.4. The van der Waals surface area contributed by atoms with Crippen molar-refractivity contribution in [2.75, 3.05) is 0 Å². The Balaban J connectivity index is 0.000000220. The number of aromatic carboxylic acids is 1. The van der Waals surface area contributed by atoms with Gasteiger partial charge in [0, 0.05) is 0 Å². The van der Waals surface area contributed by atoms with Gasteiger partial charge in [-0.25, -0.2) is 22.4 Å². The molecule has 0 atom stereocenters. The third-order valence-electron chi connectivity index (χ3n) is 2.34. The van der Waals surface area contributed by atoms with Gasteiger partial charge in [-0.3, -0.25) is 4.79 Å². The average molecular weight is 335 g/mol. The molecule has 22 heavy (non-hydrogen) atoms. The lowest BCUT2D eigenvalue weighted by Gasteiger charge is -1.96. The van der Waals surface area contributed by atoms with Crippen LogP contribution in [0.1, 0.15) is 20.7 Å². The van der Waals surface area contributed by atoms with Gasteiger partial charge in [0.15, 0.2) is 0 Å². The van der Waals surface area contributed by atoms with Crippen LogP contribution in [0.3, 0.4) is 0 Å². The van der Waals surface area contributed by atoms with Gasteiger partial charge in [-0.2, -0.15) is 0 Å². The first-order valence-electron chi connectivity index (χ1n) is 5.56. The van der Waals surface area contributed by atoms with E-state index in [0.29, 0.717) is 0 Å². The van der Waals surface area contributed by atoms with Crippen LogP contribution >= 0.6 is 11.6 Å². The molecular formula is C14H7ClF4O3. The smallest absolute Gasteiger partial charge is 0.341 e. The van der Waals surface area contributed by atoms with Crippen molar-refractivity contribution in [2.45, 2.75) is 0 Å². The van der Waals surface area contributed by atoms with Crippen molar-refractivity contribution in [2.24, 2.45) is 0 Å². The largest absolute Gasteiger partial charge is 0.477 e. The number of rotatable bonds is 2. The van der Waals surface area contributed by atoms with Crippen molar-refractivity contribution in [3.63, 3.8) is 0 Å². The predicted molar refractivity (Wildman–Crippen MR) is 69.9 cm³/mol. The molecule has 0 aliphatic carbocycles. The van der Waals surface area contributed by atoms with Gasteiger partial charge in [-0.05, 0) is 35.9 Å². The standard InChI is InChI=1S/C7H3ClF2O.C7H4F2O2/c8-7(11)6-4(9)2-1-3-5(6)10;8-4-2-1-3-5(9)6(4)7(10)11/h1-3H;1-3H,(H,10,11). The van der Waals surface area contributed by atoms with Crippen LogP contribution in [-0.2, 0) is 0 Å². The van der Waals surface area contributed by atoms with E-state index < -0.39 is 45.6 Å². The Morgan fingerprint density at radius 3 is 1.27 bits per heavy atom. The first-order valence-corrected chi connectivity index (χ1v) is 5.94. The maximum Gasteiger partial charge on any atom is 0.341 e. The summed E-state index contributed by atoms with van der Waals surface area (Å²) in [5.41, 5.74) is -1.61. The summed E-state index contributed by atoms with van der Waals surface area (Å²) >= 11 is 4.89. The summed E-state index contributed by atoms with van der Waals surface area (Å²) < 4.78 is 50.1. The van der Waals surface area contributed by atoms with Crippen LogP contribution in [0.25, 0.3) is 0 Å². The molecule has 0 bridgehead atoms. The van der Waals surface area contributed by atoms with Gasteiger partial charge in [0.2, 0.25) is 0 Å². The minimum Gasteiger partial charge on any atom is -0.477 e. The molecule has 0 saturated carbocycles. The second-order valence-electron chi connectivity index (χ2n) is 3.77. The molecule has 0 spiro atoms. The quantitative estimate of drug-likeness (QED) is 0.667. The van der Waals surface area contributed by atoms with Crippen molar-refractivity contribution in [1.29, 1.82) is 0 Å². The topological polar surface area (TPSA) is 54.4 Å². The molecule has 0 unspecified atom stereocenters. The monoisotopic (exact) mass is 334 g/mol. The fourth-order valence-corrected chi connectivity index (χ4v) is 1.57. The van der Waals surface area contributed by atoms with Crippen LogP contribution in [0.4, 0.5) is 17.6 Å². The fraction of sp³-hybridized carbons (Fsp3) is 0. The lowest BCUT2D eigenvalue weighted by atomic mass is 10.2. The van der Waals surface area contributed by atoms with Crippen molar-refractivity contribution >= 4 is 22.8 Å². The second-order valence-corrected chi connectivity index (χ2v) is 4.12. The molecule has 0 radical (unpaired) electrons. The van der Waals surface area contributed by atoms with Crippen molar-refractivity contribution in [1.82, 2.24) is 0 Å². The third-order valence-corrected chi connectivity index (χ3v) is 2.52. The Morgan fingerprint density at radius 2 is 1.09 bits per heavy atom. The summed E-state index contributed by atoms with van der Waals surface area (Å²) in [6.45, 7) is 0. The number of halogens is 5. The van der Waals surface area contributed by atoms with E-state index in [9.17, 15) is 27.2 Å². The Hall–Kier alpha value is -2.41. The molecule has 1 N–H and O–H groups in total. The summed E-state index contributed by atoms with van der Waals surface area (Å²) in [5, 5.41) is 7.14. The SMILES string of the molecule is O=C(Cl)c1c(F)cccc1F.O=C(O)c1c(F)cccc1F. The molecule has 8 heteroatoms. The van der Waals surface area contributed by atoms with Crippen LogP contribution < -0.4 is 0 Å². The maximum atomic E-state index is 12.6. The lowest BCUT2D eigenvalue weighted by molar-refractivity contribution is 0.0686. The van der Waals surface area contributed by atoms with Crippen LogP contribution in [0, 0.1) is 23.3 Å². The summed E-state index contributed by atoms with van der Waals surface area (Å²) in [4.78, 5) is 20.5. The number of carboxylic acid groups (broad SMARTS) is 1. The molecule has 0 saturated heterocycles. The summed E-state index contributed by atoms with van der Waals surface area (Å²) in [6.07, 6.45) is 0. The Bertz CT molecular complexity index is 617. The van der Waals surface area contributed by atoms with Gasteiger partial charge in [-0.15, -0.1) is 0 Å². The summed E-state index contributed by atoms with van der Waals surface area (Å²) in [7, 11) is 0. The number of carbonyl (C=O) groups excluding carboxylic acids is 1. The highest BCUT2D eigenvalue weighted by atomic mass is 35.5. The fourth-order valence-electron chi connectivity index (χ4n) is 1.39. The summed E-state index contributed by atoms with van der Waals surface area (Å²) in [6, 6.07) is 6.00. The third kappa shape index (κ3) is 4.29. The number of benzene rings is 2. The van der Waals surface area contributed by atoms with Crippen molar-refractivity contribution in [3.05, 3.63) is 70.8 Å². The highest BCUT2D eigenvalue weighted by Crippen LogP contribution is 2.14. The molecule has 2 rings (SSSR count). The molecule has 0 aliphatic heterocycles. The van der Waals surface area contributed by atoms with Crippen LogP contribution in [-0.4, -0.2) is 16.3 Å². The van der Waals surface area contributed by atoms with Crippen LogP contribution in [0.2, 0.25) is 0 Å². The Morgan fingerprint density at radius 1 is 0.773 bits per heavy atom. The normalized spacial score (nSPS) is 9.68. The van der Waals surface area contributed by atoms with Crippen LogP contribution in [0.5, 0.6) is 0 Å². The van der Waals surface area contributed by atoms with Crippen molar-refractivity contribution < 1.29 is 32.3 Å². The molecule has 0 heterocycles. The molecule has 0 aromatic heterocycles. The number of hydrogen-bond donors (Lipinski definition) is 1. The van der Waals surface area contributed by atoms with E-state index in [1.807, 2.05) is 0 Å². The minimum absolute atomic E-state index is 0.700.